The molecule has 0 atom stereocenters. The second-order valence-corrected chi connectivity index (χ2v) is 7.05. The van der Waals surface area contributed by atoms with Crippen LogP contribution >= 0.6 is 0 Å². The third-order valence-corrected chi connectivity index (χ3v) is 5.16. The molecule has 0 aliphatic rings. The molecule has 0 fully saturated rings. The summed E-state index contributed by atoms with van der Waals surface area (Å²) in [6.45, 7) is 11.4. The molecule has 0 aliphatic carbocycles. The van der Waals surface area contributed by atoms with E-state index in [0.717, 1.165) is 12.0 Å². The summed E-state index contributed by atoms with van der Waals surface area (Å²) in [5, 5.41) is 12.9. The second kappa shape index (κ2) is 5.51. The van der Waals surface area contributed by atoms with Gasteiger partial charge in [0, 0.05) is 22.2 Å². The lowest BCUT2D eigenvalue weighted by Crippen LogP contribution is -2.56. The van der Waals surface area contributed by atoms with E-state index in [4.69, 9.17) is 0 Å². The summed E-state index contributed by atoms with van der Waals surface area (Å²) >= 11 is 0. The predicted molar refractivity (Wildman–Crippen MR) is 84.7 cm³/mol. The molecule has 0 unspecified atom stereocenters. The lowest BCUT2D eigenvalue weighted by Gasteiger charge is -2.50. The van der Waals surface area contributed by atoms with E-state index < -0.39 is 22.3 Å². The first-order valence-electron chi connectivity index (χ1n) is 7.02. The molecule has 0 spiro atoms. The predicted octanol–water partition coefficient (Wildman–Crippen LogP) is 3.83. The number of aldehydes is 1. The molecule has 1 aromatic carbocycles. The summed E-state index contributed by atoms with van der Waals surface area (Å²) in [5.41, 5.74) is -0.401. The zero-order chi connectivity index (χ0) is 16.5. The van der Waals surface area contributed by atoms with Crippen LogP contribution in [-0.2, 0) is 4.79 Å². The first-order valence-corrected chi connectivity index (χ1v) is 7.02. The average Bonchev–Trinajstić information content (AvgIpc) is 2.38. The molecule has 2 N–H and O–H groups in total. The minimum Gasteiger partial charge on any atom is -0.481 e. The van der Waals surface area contributed by atoms with Gasteiger partial charge in [0.1, 0.15) is 6.29 Å². The van der Waals surface area contributed by atoms with E-state index in [2.05, 4.69) is 5.32 Å². The van der Waals surface area contributed by atoms with Crippen molar-refractivity contribution in [1.29, 1.82) is 0 Å². The molecule has 0 aliphatic heterocycles. The molecule has 0 amide bonds. The Hall–Kier alpha value is -1.84. The van der Waals surface area contributed by atoms with Crippen LogP contribution < -0.4 is 5.32 Å². The smallest absolute Gasteiger partial charge is 0.309 e. The summed E-state index contributed by atoms with van der Waals surface area (Å²) in [4.78, 5) is 22.3. The average molecular weight is 291 g/mol. The molecule has 0 bridgehead atoms. The number of carboxylic acids is 1. The SMILES string of the molecule is CC(C)(Nc1ccc(C=O)cc1)C(C)(C)C(C)(C)C(=O)O. The Morgan fingerprint density at radius 3 is 1.90 bits per heavy atom. The molecule has 4 nitrogen and oxygen atoms in total. The number of carbonyl (C=O) groups excluding carboxylic acids is 1. The Bertz CT molecular complexity index is 527. The first kappa shape index (κ1) is 17.2. The Morgan fingerprint density at radius 1 is 1.05 bits per heavy atom. The van der Waals surface area contributed by atoms with Crippen molar-refractivity contribution in [2.24, 2.45) is 10.8 Å². The van der Waals surface area contributed by atoms with Gasteiger partial charge in [-0.3, -0.25) is 9.59 Å². The number of rotatable bonds is 6. The number of benzene rings is 1. The highest BCUT2D eigenvalue weighted by Gasteiger charge is 2.52. The van der Waals surface area contributed by atoms with Crippen molar-refractivity contribution in [2.45, 2.75) is 47.1 Å². The second-order valence-electron chi connectivity index (χ2n) is 7.05. The van der Waals surface area contributed by atoms with Gasteiger partial charge in [-0.1, -0.05) is 13.8 Å². The van der Waals surface area contributed by atoms with Crippen LogP contribution in [-0.4, -0.2) is 22.9 Å². The summed E-state index contributed by atoms with van der Waals surface area (Å²) < 4.78 is 0. The first-order chi connectivity index (χ1) is 9.45. The van der Waals surface area contributed by atoms with Crippen molar-refractivity contribution in [1.82, 2.24) is 0 Å². The van der Waals surface area contributed by atoms with Crippen molar-refractivity contribution >= 4 is 17.9 Å². The lowest BCUT2D eigenvalue weighted by molar-refractivity contribution is -0.156. The number of anilines is 1. The highest BCUT2D eigenvalue weighted by Crippen LogP contribution is 2.48. The molecule has 0 aromatic heterocycles. The normalized spacial score (nSPS) is 12.9. The largest absolute Gasteiger partial charge is 0.481 e. The summed E-state index contributed by atoms with van der Waals surface area (Å²) in [7, 11) is 0. The van der Waals surface area contributed by atoms with Crippen LogP contribution in [0.2, 0.25) is 0 Å². The molecule has 0 saturated carbocycles. The third-order valence-electron chi connectivity index (χ3n) is 5.16. The van der Waals surface area contributed by atoms with Crippen molar-refractivity contribution in [3.8, 4) is 0 Å². The maximum Gasteiger partial charge on any atom is 0.309 e. The number of hydrogen-bond donors (Lipinski definition) is 2. The molecule has 0 heterocycles. The zero-order valence-corrected chi connectivity index (χ0v) is 13.7. The number of aliphatic carboxylic acids is 1. The van der Waals surface area contributed by atoms with Gasteiger partial charge in [-0.2, -0.15) is 0 Å². The van der Waals surface area contributed by atoms with Crippen LogP contribution in [0.15, 0.2) is 24.3 Å². The van der Waals surface area contributed by atoms with Crippen LogP contribution in [0.3, 0.4) is 0 Å². The fourth-order valence-electron chi connectivity index (χ4n) is 2.21. The van der Waals surface area contributed by atoms with Crippen LogP contribution in [0.1, 0.15) is 51.9 Å². The summed E-state index contributed by atoms with van der Waals surface area (Å²) in [6.07, 6.45) is 0.798. The van der Waals surface area contributed by atoms with Gasteiger partial charge in [-0.25, -0.2) is 0 Å². The molecule has 116 valence electrons. The van der Waals surface area contributed by atoms with Crippen molar-refractivity contribution in [3.63, 3.8) is 0 Å². The number of hydrogen-bond acceptors (Lipinski definition) is 3. The molecular weight excluding hydrogens is 266 g/mol. The summed E-state index contributed by atoms with van der Waals surface area (Å²) in [6, 6.07) is 7.13. The number of nitrogens with one attached hydrogen (secondary N) is 1. The Kier molecular flexibility index (Phi) is 4.51. The monoisotopic (exact) mass is 291 g/mol. The van der Waals surface area contributed by atoms with Crippen molar-refractivity contribution < 1.29 is 14.7 Å². The molecule has 21 heavy (non-hydrogen) atoms. The number of carbonyl (C=O) groups is 2. The van der Waals surface area contributed by atoms with Gasteiger partial charge in [0.2, 0.25) is 0 Å². The standard InChI is InChI=1S/C17H25NO3/c1-15(2,14(20)21)16(3,4)17(5,6)18-13-9-7-12(11-19)8-10-13/h7-11,18H,1-6H3,(H,20,21). The highest BCUT2D eigenvalue weighted by molar-refractivity contribution is 5.76. The topological polar surface area (TPSA) is 66.4 Å². The van der Waals surface area contributed by atoms with Gasteiger partial charge in [-0.15, -0.1) is 0 Å². The maximum atomic E-state index is 11.6. The Morgan fingerprint density at radius 2 is 1.52 bits per heavy atom. The van der Waals surface area contributed by atoms with Crippen LogP contribution in [0, 0.1) is 10.8 Å². The molecular formula is C17H25NO3. The molecule has 1 rings (SSSR count). The van der Waals surface area contributed by atoms with Gasteiger partial charge in [-0.05, 0) is 52.0 Å². The van der Waals surface area contributed by atoms with E-state index in [0.29, 0.717) is 5.56 Å². The minimum absolute atomic E-state index is 0.461. The zero-order valence-electron chi connectivity index (χ0n) is 13.7. The van der Waals surface area contributed by atoms with Crippen LogP contribution in [0.4, 0.5) is 5.69 Å². The van der Waals surface area contributed by atoms with E-state index in [9.17, 15) is 14.7 Å². The highest BCUT2D eigenvalue weighted by atomic mass is 16.4. The van der Waals surface area contributed by atoms with Crippen molar-refractivity contribution in [3.05, 3.63) is 29.8 Å². The third kappa shape index (κ3) is 3.09. The van der Waals surface area contributed by atoms with E-state index >= 15 is 0 Å². The Balaban J connectivity index is 3.08. The molecule has 0 radical (unpaired) electrons. The molecule has 4 heteroatoms. The van der Waals surface area contributed by atoms with Gasteiger partial charge < -0.3 is 10.4 Å². The maximum absolute atomic E-state index is 11.6. The lowest BCUT2D eigenvalue weighted by atomic mass is 9.58. The van der Waals surface area contributed by atoms with E-state index in [1.807, 2.05) is 39.8 Å². The summed E-state index contributed by atoms with van der Waals surface area (Å²) in [5.74, 6) is -0.821. The van der Waals surface area contributed by atoms with Crippen LogP contribution in [0.5, 0.6) is 0 Å². The Labute approximate surface area is 126 Å². The van der Waals surface area contributed by atoms with Gasteiger partial charge in [0.15, 0.2) is 0 Å². The fraction of sp³-hybridized carbons (Fsp3) is 0.529. The van der Waals surface area contributed by atoms with Crippen molar-refractivity contribution in [2.75, 3.05) is 5.32 Å². The molecule has 0 saturated heterocycles. The van der Waals surface area contributed by atoms with E-state index in [-0.39, 0.29) is 0 Å². The van der Waals surface area contributed by atoms with Crippen LogP contribution in [0.25, 0.3) is 0 Å². The quantitative estimate of drug-likeness (QED) is 0.782. The van der Waals surface area contributed by atoms with E-state index in [1.165, 1.54) is 0 Å². The van der Waals surface area contributed by atoms with Gasteiger partial charge in [0.25, 0.3) is 0 Å². The molecule has 1 aromatic rings. The number of carboxylic acid groups (broad SMARTS) is 1. The van der Waals surface area contributed by atoms with E-state index in [1.54, 1.807) is 26.0 Å². The minimum atomic E-state index is -0.897. The van der Waals surface area contributed by atoms with Gasteiger partial charge in [0.05, 0.1) is 5.41 Å². The fourth-order valence-corrected chi connectivity index (χ4v) is 2.21. The van der Waals surface area contributed by atoms with Gasteiger partial charge >= 0.3 is 5.97 Å².